The molecule has 2 atom stereocenters. The van der Waals surface area contributed by atoms with Crippen molar-refractivity contribution in [2.45, 2.75) is 43.9 Å². The molecular weight excluding hydrogens is 218 g/mol. The first-order valence-electron chi connectivity index (χ1n) is 6.53. The quantitative estimate of drug-likeness (QED) is 0.712. The maximum Gasteiger partial charge on any atom is 0.249 e. The van der Waals surface area contributed by atoms with Gasteiger partial charge in [0.15, 0.2) is 0 Å². The highest BCUT2D eigenvalue weighted by Gasteiger charge is 2.31. The Kier molecular flexibility index (Phi) is 4.36. The maximum absolute atomic E-state index is 12.0. The molecule has 5 heteroatoms. The largest absolute Gasteiger partial charge is 0.364 e. The van der Waals surface area contributed by atoms with Crippen LogP contribution in [0.15, 0.2) is 0 Å². The third-order valence-electron chi connectivity index (χ3n) is 3.73. The smallest absolute Gasteiger partial charge is 0.249 e. The van der Waals surface area contributed by atoms with E-state index in [1.165, 1.54) is 0 Å². The number of hydrogen-bond acceptors (Lipinski definition) is 4. The Hall–Kier alpha value is -0.650. The first-order chi connectivity index (χ1) is 8.19. The van der Waals surface area contributed by atoms with E-state index in [9.17, 15) is 4.79 Å². The van der Waals surface area contributed by atoms with Crippen molar-refractivity contribution < 1.29 is 9.53 Å². The van der Waals surface area contributed by atoms with E-state index < -0.39 is 0 Å². The predicted octanol–water partition coefficient (Wildman–Crippen LogP) is -0.297. The maximum atomic E-state index is 12.0. The minimum atomic E-state index is -0.275. The van der Waals surface area contributed by atoms with Crippen molar-refractivity contribution in [2.75, 3.05) is 26.7 Å². The Morgan fingerprint density at radius 3 is 2.65 bits per heavy atom. The minimum absolute atomic E-state index is 0.0514. The highest BCUT2D eigenvalue weighted by atomic mass is 16.5. The van der Waals surface area contributed by atoms with Gasteiger partial charge in [-0.2, -0.15) is 0 Å². The van der Waals surface area contributed by atoms with Crippen molar-refractivity contribution in [2.24, 2.45) is 5.73 Å². The number of rotatable bonds is 3. The van der Waals surface area contributed by atoms with Crippen LogP contribution in [0.1, 0.15) is 25.7 Å². The number of carbonyl (C=O) groups is 1. The van der Waals surface area contributed by atoms with Crippen LogP contribution in [0.3, 0.4) is 0 Å². The fraction of sp³-hybridized carbons (Fsp3) is 0.917. The molecule has 0 aromatic heterocycles. The van der Waals surface area contributed by atoms with Crippen LogP contribution in [0.4, 0.5) is 0 Å². The van der Waals surface area contributed by atoms with Crippen LogP contribution in [0.5, 0.6) is 0 Å². The van der Waals surface area contributed by atoms with E-state index in [-0.39, 0.29) is 18.1 Å². The highest BCUT2D eigenvalue weighted by molar-refractivity contribution is 5.81. The number of piperidine rings is 1. The molecule has 2 aliphatic heterocycles. The highest BCUT2D eigenvalue weighted by Crippen LogP contribution is 2.19. The molecule has 0 radical (unpaired) electrons. The average molecular weight is 241 g/mol. The molecule has 0 aromatic carbocycles. The number of likely N-dealkylation sites (tertiary alicyclic amines) is 1. The third kappa shape index (κ3) is 3.40. The van der Waals surface area contributed by atoms with E-state index in [2.05, 4.69) is 17.3 Å². The summed E-state index contributed by atoms with van der Waals surface area (Å²) in [4.78, 5) is 14.3. The van der Waals surface area contributed by atoms with E-state index in [4.69, 9.17) is 10.5 Å². The second-order valence-electron chi connectivity index (χ2n) is 5.15. The van der Waals surface area contributed by atoms with Gasteiger partial charge in [-0.05, 0) is 45.8 Å². The summed E-state index contributed by atoms with van der Waals surface area (Å²) in [6.07, 6.45) is 3.58. The molecule has 2 unspecified atom stereocenters. The van der Waals surface area contributed by atoms with Crippen molar-refractivity contribution in [3.05, 3.63) is 0 Å². The van der Waals surface area contributed by atoms with Crippen LogP contribution in [-0.2, 0) is 9.53 Å². The summed E-state index contributed by atoms with van der Waals surface area (Å²) < 4.78 is 5.59. The summed E-state index contributed by atoms with van der Waals surface area (Å²) in [5.41, 5.74) is 5.53. The number of nitrogens with two attached hydrogens (primary N) is 1. The molecule has 0 aliphatic carbocycles. The van der Waals surface area contributed by atoms with E-state index in [1.54, 1.807) is 0 Å². The zero-order valence-corrected chi connectivity index (χ0v) is 10.5. The normalized spacial score (nSPS) is 31.6. The molecule has 2 heterocycles. The molecule has 2 aliphatic rings. The van der Waals surface area contributed by atoms with Gasteiger partial charge in [-0.3, -0.25) is 4.79 Å². The molecule has 0 saturated carbocycles. The molecule has 2 rings (SSSR count). The summed E-state index contributed by atoms with van der Waals surface area (Å²) in [5, 5.41) is 3.09. The fourth-order valence-corrected chi connectivity index (χ4v) is 2.52. The number of amides is 1. The molecule has 2 saturated heterocycles. The van der Waals surface area contributed by atoms with Gasteiger partial charge in [-0.15, -0.1) is 0 Å². The topological polar surface area (TPSA) is 67.6 Å². The lowest BCUT2D eigenvalue weighted by atomic mass is 10.0. The van der Waals surface area contributed by atoms with E-state index in [0.29, 0.717) is 12.6 Å². The summed E-state index contributed by atoms with van der Waals surface area (Å²) in [7, 11) is 2.12. The Morgan fingerprint density at radius 2 is 2.06 bits per heavy atom. The van der Waals surface area contributed by atoms with Gasteiger partial charge in [0.05, 0.1) is 6.10 Å². The van der Waals surface area contributed by atoms with Gasteiger partial charge in [-0.1, -0.05) is 0 Å². The summed E-state index contributed by atoms with van der Waals surface area (Å²) in [6, 6.07) is 0.319. The molecule has 17 heavy (non-hydrogen) atoms. The molecule has 98 valence electrons. The van der Waals surface area contributed by atoms with Gasteiger partial charge in [0.25, 0.3) is 0 Å². The molecule has 0 aromatic rings. The number of carbonyl (C=O) groups excluding carboxylic acids is 1. The number of nitrogens with one attached hydrogen (secondary N) is 1. The van der Waals surface area contributed by atoms with Gasteiger partial charge in [0, 0.05) is 12.6 Å². The van der Waals surface area contributed by atoms with Crippen LogP contribution in [0.2, 0.25) is 0 Å². The fourth-order valence-electron chi connectivity index (χ4n) is 2.52. The van der Waals surface area contributed by atoms with Crippen molar-refractivity contribution in [1.82, 2.24) is 10.2 Å². The molecule has 2 fully saturated rings. The Bertz CT molecular complexity index is 264. The van der Waals surface area contributed by atoms with E-state index in [1.807, 2.05) is 0 Å². The van der Waals surface area contributed by atoms with Gasteiger partial charge < -0.3 is 20.7 Å². The van der Waals surface area contributed by atoms with Crippen LogP contribution in [-0.4, -0.2) is 55.7 Å². The van der Waals surface area contributed by atoms with Crippen molar-refractivity contribution in [3.63, 3.8) is 0 Å². The van der Waals surface area contributed by atoms with E-state index >= 15 is 0 Å². The number of ether oxygens (including phenoxy) is 1. The lowest BCUT2D eigenvalue weighted by molar-refractivity contribution is -0.132. The SMILES string of the molecule is CN1CCC(NC(=O)C2CCC(CN)O2)CC1. The van der Waals surface area contributed by atoms with Crippen molar-refractivity contribution >= 4 is 5.91 Å². The Morgan fingerprint density at radius 1 is 1.35 bits per heavy atom. The van der Waals surface area contributed by atoms with Gasteiger partial charge in [0.2, 0.25) is 5.91 Å². The van der Waals surface area contributed by atoms with Crippen LogP contribution >= 0.6 is 0 Å². The zero-order valence-electron chi connectivity index (χ0n) is 10.5. The van der Waals surface area contributed by atoms with Gasteiger partial charge in [-0.25, -0.2) is 0 Å². The first kappa shape index (κ1) is 12.8. The number of nitrogens with zero attached hydrogens (tertiary/aromatic N) is 1. The lowest BCUT2D eigenvalue weighted by Gasteiger charge is -2.30. The van der Waals surface area contributed by atoms with Crippen LogP contribution in [0, 0.1) is 0 Å². The van der Waals surface area contributed by atoms with Gasteiger partial charge in [0.1, 0.15) is 6.10 Å². The molecular formula is C12H23N3O2. The first-order valence-corrected chi connectivity index (χ1v) is 6.53. The average Bonchev–Trinajstić information content (AvgIpc) is 2.81. The standard InChI is InChI=1S/C12H23N3O2/c1-15-6-4-9(5-7-15)14-12(16)11-3-2-10(8-13)17-11/h9-11H,2-8,13H2,1H3,(H,14,16). The molecule has 5 nitrogen and oxygen atoms in total. The molecule has 0 spiro atoms. The second-order valence-corrected chi connectivity index (χ2v) is 5.15. The van der Waals surface area contributed by atoms with Crippen molar-refractivity contribution in [3.8, 4) is 0 Å². The van der Waals surface area contributed by atoms with E-state index in [0.717, 1.165) is 38.8 Å². The minimum Gasteiger partial charge on any atom is -0.364 e. The summed E-state index contributed by atoms with van der Waals surface area (Å²) in [5.74, 6) is 0.0514. The Balaban J connectivity index is 1.74. The zero-order chi connectivity index (χ0) is 12.3. The monoisotopic (exact) mass is 241 g/mol. The lowest BCUT2D eigenvalue weighted by Crippen LogP contribution is -2.46. The number of hydrogen-bond donors (Lipinski definition) is 2. The van der Waals surface area contributed by atoms with Crippen LogP contribution < -0.4 is 11.1 Å². The van der Waals surface area contributed by atoms with Crippen LogP contribution in [0.25, 0.3) is 0 Å². The predicted molar refractivity (Wildman–Crippen MR) is 65.6 cm³/mol. The van der Waals surface area contributed by atoms with Crippen molar-refractivity contribution in [1.29, 1.82) is 0 Å². The van der Waals surface area contributed by atoms with Gasteiger partial charge >= 0.3 is 0 Å². The molecule has 0 bridgehead atoms. The molecule has 1 amide bonds. The summed E-state index contributed by atoms with van der Waals surface area (Å²) >= 11 is 0. The molecule has 3 N–H and O–H groups in total. The Labute approximate surface area is 103 Å². The third-order valence-corrected chi connectivity index (χ3v) is 3.73. The summed E-state index contributed by atoms with van der Waals surface area (Å²) in [6.45, 7) is 2.63. The second kappa shape index (κ2) is 5.80.